The van der Waals surface area contributed by atoms with Gasteiger partial charge in [0.2, 0.25) is 0 Å². The van der Waals surface area contributed by atoms with E-state index in [1.807, 2.05) is 12.2 Å². The number of allylic oxidation sites excluding steroid dienone is 10. The van der Waals surface area contributed by atoms with Crippen molar-refractivity contribution in [1.82, 2.24) is 10.3 Å². The Kier molecular flexibility index (Phi) is 13.6. The van der Waals surface area contributed by atoms with E-state index in [2.05, 4.69) is 100 Å². The lowest BCUT2D eigenvalue weighted by molar-refractivity contribution is -0.136. The zero-order valence-corrected chi connectivity index (χ0v) is 30.5. The number of rotatable bonds is 14. The number of carbonyl (C=O) groups excluding carboxylic acids is 1. The molecule has 0 aromatic carbocycles. The fourth-order valence-electron chi connectivity index (χ4n) is 6.58. The third-order valence-corrected chi connectivity index (χ3v) is 9.62. The Morgan fingerprint density at radius 3 is 2.42 bits per heavy atom. The minimum Gasteiger partial charge on any atom is -0.466 e. The molecule has 0 saturated carbocycles. The van der Waals surface area contributed by atoms with Crippen LogP contribution in [0, 0.1) is 11.8 Å². The molecule has 0 spiro atoms. The summed E-state index contributed by atoms with van der Waals surface area (Å²) in [7, 11) is 1.41. The molecule has 3 aliphatic rings. The van der Waals surface area contributed by atoms with Crippen molar-refractivity contribution in [2.45, 2.75) is 99.8 Å². The minimum absolute atomic E-state index is 0.219. The van der Waals surface area contributed by atoms with Crippen molar-refractivity contribution in [1.29, 1.82) is 0 Å². The van der Waals surface area contributed by atoms with Crippen LogP contribution in [0.2, 0.25) is 0 Å². The highest BCUT2D eigenvalue weighted by Gasteiger charge is 2.34. The zero-order chi connectivity index (χ0) is 34.6. The van der Waals surface area contributed by atoms with Crippen LogP contribution in [-0.4, -0.2) is 36.0 Å². The summed E-state index contributed by atoms with van der Waals surface area (Å²) in [6.45, 7) is 15.9. The average molecular weight is 649 g/mol. The van der Waals surface area contributed by atoms with E-state index >= 15 is 0 Å². The van der Waals surface area contributed by atoms with Gasteiger partial charge in [0.25, 0.3) is 0 Å². The predicted molar refractivity (Wildman–Crippen MR) is 203 cm³/mol. The van der Waals surface area contributed by atoms with E-state index in [4.69, 9.17) is 14.7 Å². The van der Waals surface area contributed by atoms with Crippen LogP contribution in [0.4, 0.5) is 0 Å². The van der Waals surface area contributed by atoms with E-state index in [9.17, 15) is 4.79 Å². The van der Waals surface area contributed by atoms with Crippen molar-refractivity contribution in [3.8, 4) is 0 Å². The first-order valence-electron chi connectivity index (χ1n) is 17.9. The van der Waals surface area contributed by atoms with Crippen LogP contribution in [0.15, 0.2) is 105 Å². The molecular formula is C42H56N4O2. The number of unbranched alkanes of at least 4 members (excludes halogenated alkanes) is 4. The quantitative estimate of drug-likeness (QED) is 0.0919. The van der Waals surface area contributed by atoms with Crippen LogP contribution < -0.4 is 16.0 Å². The topological polar surface area (TPSA) is 78.8 Å². The van der Waals surface area contributed by atoms with E-state index in [0.29, 0.717) is 11.5 Å². The third-order valence-electron chi connectivity index (χ3n) is 9.62. The molecule has 3 aliphatic heterocycles. The van der Waals surface area contributed by atoms with Crippen molar-refractivity contribution >= 4 is 28.5 Å². The molecule has 48 heavy (non-hydrogen) atoms. The molecule has 0 radical (unpaired) electrons. The second kappa shape index (κ2) is 17.8. The van der Waals surface area contributed by atoms with E-state index in [0.717, 1.165) is 81.7 Å². The highest BCUT2D eigenvalue weighted by molar-refractivity contribution is 6.26. The number of nitrogens with one attached hydrogen (secondary N) is 2. The molecule has 6 nitrogen and oxygen atoms in total. The van der Waals surface area contributed by atoms with Gasteiger partial charge in [-0.1, -0.05) is 77.2 Å². The van der Waals surface area contributed by atoms with E-state index in [1.165, 1.54) is 44.8 Å². The molecule has 0 fully saturated rings. The minimum atomic E-state index is -0.333. The molecule has 1 aromatic rings. The maximum Gasteiger partial charge on any atom is 0.333 e. The van der Waals surface area contributed by atoms with Gasteiger partial charge < -0.3 is 15.0 Å². The number of dihydropyridines is 1. The van der Waals surface area contributed by atoms with Gasteiger partial charge in [-0.25, -0.2) is 9.79 Å². The summed E-state index contributed by atoms with van der Waals surface area (Å²) in [5, 5.41) is 5.51. The summed E-state index contributed by atoms with van der Waals surface area (Å²) in [4.78, 5) is 26.3. The van der Waals surface area contributed by atoms with Gasteiger partial charge in [-0.05, 0) is 100 Å². The third kappa shape index (κ3) is 9.24. The number of aromatic nitrogens is 1. The summed E-state index contributed by atoms with van der Waals surface area (Å²) in [5.74, 6) is 0.201. The van der Waals surface area contributed by atoms with Crippen molar-refractivity contribution in [2.75, 3.05) is 13.7 Å². The number of aromatic amines is 1. The van der Waals surface area contributed by atoms with Crippen LogP contribution in [0.5, 0.6) is 0 Å². The first kappa shape index (κ1) is 36.6. The number of aliphatic imine (C=N–C) groups is 2. The number of H-pyrrole nitrogens is 1. The Morgan fingerprint density at radius 1 is 0.958 bits per heavy atom. The lowest BCUT2D eigenvalue weighted by Gasteiger charge is -2.19. The van der Waals surface area contributed by atoms with Gasteiger partial charge in [-0.2, -0.15) is 0 Å². The molecule has 6 heteroatoms. The van der Waals surface area contributed by atoms with Crippen molar-refractivity contribution in [3.05, 3.63) is 105 Å². The molecule has 256 valence electrons. The molecule has 2 N–H and O–H groups in total. The van der Waals surface area contributed by atoms with E-state index < -0.39 is 0 Å². The van der Waals surface area contributed by atoms with Gasteiger partial charge in [0.15, 0.2) is 0 Å². The molecule has 2 atom stereocenters. The first-order valence-corrected chi connectivity index (χ1v) is 17.9. The monoisotopic (exact) mass is 648 g/mol. The van der Waals surface area contributed by atoms with Gasteiger partial charge in [-0.15, -0.1) is 0 Å². The Labute approximate surface area is 288 Å². The SMILES string of the molecule is CCCCCCC/C(C)=C1\C=CC(C(/C)=c2/cc\c(=C(C3=N/C(=C\C4=CC=CCN4)C(CCC)C3C)/C(C)=C/C=C(\C)C(=O)OC)[nH]2)=N1. The fraction of sp³-hybridized carbons (Fsp3) is 0.452. The number of methoxy groups -OCH3 is 1. The van der Waals surface area contributed by atoms with E-state index in [-0.39, 0.29) is 11.9 Å². The largest absolute Gasteiger partial charge is 0.466 e. The Morgan fingerprint density at radius 2 is 1.71 bits per heavy atom. The van der Waals surface area contributed by atoms with Crippen LogP contribution >= 0.6 is 0 Å². The predicted octanol–water partition coefficient (Wildman–Crippen LogP) is 8.48. The van der Waals surface area contributed by atoms with Crippen molar-refractivity contribution < 1.29 is 9.53 Å². The van der Waals surface area contributed by atoms with Gasteiger partial charge in [0.05, 0.1) is 24.2 Å². The molecule has 4 heterocycles. The number of ether oxygens (including phenoxy) is 1. The number of hydrogen-bond acceptors (Lipinski definition) is 5. The standard InChI is InChI=1S/C42H56N4O2/c1-9-11-12-13-14-18-28(3)35-22-23-36(44-35)32(7)37-24-25-38(45-37)40(29(4)20-21-30(5)42(47)48-8)41-31(6)34(17-10-2)39(46-41)27-33-19-15-16-26-43-33/h15-16,19-25,27,31,34,43,45H,9-14,17-18,26H2,1-8H3/b29-20+,30-21+,35-28+,37-32-,39-27-,40-38-. The lowest BCUT2D eigenvalue weighted by Crippen LogP contribution is -2.24. The van der Waals surface area contributed by atoms with Crippen LogP contribution in [0.25, 0.3) is 11.1 Å². The van der Waals surface area contributed by atoms with Crippen molar-refractivity contribution in [3.63, 3.8) is 0 Å². The van der Waals surface area contributed by atoms with Gasteiger partial charge in [0, 0.05) is 51.6 Å². The highest BCUT2D eigenvalue weighted by Crippen LogP contribution is 2.38. The molecular weight excluding hydrogens is 592 g/mol. The maximum absolute atomic E-state index is 12.2. The van der Waals surface area contributed by atoms with Crippen LogP contribution in [-0.2, 0) is 9.53 Å². The summed E-state index contributed by atoms with van der Waals surface area (Å²) in [6.07, 6.45) is 26.3. The normalized spacial score (nSPS) is 22.8. The molecule has 0 aliphatic carbocycles. The van der Waals surface area contributed by atoms with Crippen LogP contribution in [0.1, 0.15) is 99.8 Å². The molecule has 0 saturated heterocycles. The number of hydrogen-bond donors (Lipinski definition) is 2. The number of nitrogens with zero attached hydrogens (tertiary/aromatic N) is 2. The summed E-state index contributed by atoms with van der Waals surface area (Å²) < 4.78 is 4.95. The Hall–Kier alpha value is -4.19. The van der Waals surface area contributed by atoms with E-state index in [1.54, 1.807) is 6.92 Å². The fourth-order valence-corrected chi connectivity index (χ4v) is 6.58. The molecule has 0 bridgehead atoms. The lowest BCUT2D eigenvalue weighted by atomic mass is 9.83. The van der Waals surface area contributed by atoms with Crippen molar-refractivity contribution in [2.24, 2.45) is 21.8 Å². The first-order chi connectivity index (χ1) is 23.2. The molecule has 1 aromatic heterocycles. The van der Waals surface area contributed by atoms with Gasteiger partial charge in [-0.3, -0.25) is 4.99 Å². The Balaban J connectivity index is 1.80. The second-order valence-electron chi connectivity index (χ2n) is 13.3. The molecule has 0 amide bonds. The van der Waals surface area contributed by atoms with Gasteiger partial charge in [0.1, 0.15) is 0 Å². The number of carbonyl (C=O) groups is 1. The molecule has 2 unspecified atom stereocenters. The maximum atomic E-state index is 12.2. The molecule has 4 rings (SSSR count). The second-order valence-corrected chi connectivity index (χ2v) is 13.3. The zero-order valence-electron chi connectivity index (χ0n) is 30.5. The van der Waals surface area contributed by atoms with Crippen LogP contribution in [0.3, 0.4) is 0 Å². The number of esters is 1. The summed E-state index contributed by atoms with van der Waals surface area (Å²) in [5.41, 5.74) is 10.5. The summed E-state index contributed by atoms with van der Waals surface area (Å²) >= 11 is 0. The summed E-state index contributed by atoms with van der Waals surface area (Å²) in [6, 6.07) is 4.30. The van der Waals surface area contributed by atoms with Gasteiger partial charge >= 0.3 is 5.97 Å². The highest BCUT2D eigenvalue weighted by atomic mass is 16.5. The Bertz CT molecular complexity index is 1750. The smallest absolute Gasteiger partial charge is 0.333 e. The average Bonchev–Trinajstić information content (AvgIpc) is 3.85.